The Bertz CT molecular complexity index is 109. The van der Waals surface area contributed by atoms with Crippen LogP contribution in [0.5, 0.6) is 0 Å². The van der Waals surface area contributed by atoms with E-state index in [1.165, 1.54) is 6.42 Å². The van der Waals surface area contributed by atoms with Gasteiger partial charge in [-0.05, 0) is 32.7 Å². The fourth-order valence-corrected chi connectivity index (χ4v) is 1.05. The molecular weight excluding hydrogens is 178 g/mol. The summed E-state index contributed by atoms with van der Waals surface area (Å²) in [4.78, 5) is 0. The molecule has 0 aromatic rings. The van der Waals surface area contributed by atoms with Crippen molar-refractivity contribution in [3.05, 3.63) is 0 Å². The summed E-state index contributed by atoms with van der Waals surface area (Å²) in [5, 5.41) is 3.31. The lowest BCUT2D eigenvalue weighted by molar-refractivity contribution is 0.0610. The molecule has 14 heavy (non-hydrogen) atoms. The van der Waals surface area contributed by atoms with E-state index in [-0.39, 0.29) is 0 Å². The zero-order chi connectivity index (χ0) is 10.6. The molecule has 0 saturated heterocycles. The van der Waals surface area contributed by atoms with Crippen LogP contribution >= 0.6 is 0 Å². The summed E-state index contributed by atoms with van der Waals surface area (Å²) in [6, 6.07) is 0. The Morgan fingerprint density at radius 1 is 1.14 bits per heavy atom. The van der Waals surface area contributed by atoms with E-state index in [4.69, 9.17) is 9.47 Å². The maximum Gasteiger partial charge on any atom is 0.0587 e. The van der Waals surface area contributed by atoms with Crippen LogP contribution in [-0.2, 0) is 9.47 Å². The molecule has 0 aromatic carbocycles. The van der Waals surface area contributed by atoms with Gasteiger partial charge >= 0.3 is 0 Å². The second kappa shape index (κ2) is 11.0. The van der Waals surface area contributed by atoms with Crippen molar-refractivity contribution in [3.63, 3.8) is 0 Å². The Balaban J connectivity index is 2.92. The van der Waals surface area contributed by atoms with Crippen LogP contribution in [0.25, 0.3) is 0 Å². The molecule has 0 aliphatic rings. The van der Waals surface area contributed by atoms with Crippen molar-refractivity contribution in [2.24, 2.45) is 0 Å². The molecule has 0 spiro atoms. The van der Waals surface area contributed by atoms with E-state index in [2.05, 4.69) is 19.2 Å². The summed E-state index contributed by atoms with van der Waals surface area (Å²) < 4.78 is 10.5. The van der Waals surface area contributed by atoms with Gasteiger partial charge in [0.15, 0.2) is 0 Å². The van der Waals surface area contributed by atoms with Gasteiger partial charge in [-0.25, -0.2) is 0 Å². The molecule has 0 fully saturated rings. The van der Waals surface area contributed by atoms with Crippen molar-refractivity contribution in [3.8, 4) is 0 Å². The molecule has 0 aromatic heterocycles. The van der Waals surface area contributed by atoms with E-state index in [1.54, 1.807) is 7.11 Å². The quantitative estimate of drug-likeness (QED) is 0.549. The Hall–Kier alpha value is -0.120. The maximum absolute atomic E-state index is 5.57. The van der Waals surface area contributed by atoms with Crippen molar-refractivity contribution in [1.29, 1.82) is 0 Å². The van der Waals surface area contributed by atoms with Crippen LogP contribution in [0, 0.1) is 0 Å². The number of hydrogen-bond donors (Lipinski definition) is 1. The van der Waals surface area contributed by atoms with Gasteiger partial charge in [0.2, 0.25) is 0 Å². The number of nitrogens with one attached hydrogen (secondary N) is 1. The molecular formula is C11H25NO2. The van der Waals surface area contributed by atoms with Crippen LogP contribution in [0.15, 0.2) is 0 Å². The van der Waals surface area contributed by atoms with Crippen LogP contribution in [0.4, 0.5) is 0 Å². The highest BCUT2D eigenvalue weighted by Gasteiger charge is 1.96. The average molecular weight is 203 g/mol. The SMILES string of the molecule is CCC(C)OCCCCNCCOC. The molecule has 1 N–H and O–H groups in total. The predicted molar refractivity (Wildman–Crippen MR) is 59.7 cm³/mol. The lowest BCUT2D eigenvalue weighted by Crippen LogP contribution is -2.20. The number of rotatable bonds is 10. The molecule has 0 aliphatic heterocycles. The first-order valence-electron chi connectivity index (χ1n) is 5.62. The van der Waals surface area contributed by atoms with Gasteiger partial charge in [-0.3, -0.25) is 0 Å². The summed E-state index contributed by atoms with van der Waals surface area (Å²) in [5.74, 6) is 0. The second-order valence-corrected chi connectivity index (χ2v) is 3.54. The molecule has 3 heteroatoms. The second-order valence-electron chi connectivity index (χ2n) is 3.54. The first-order valence-corrected chi connectivity index (χ1v) is 5.62. The average Bonchev–Trinajstić information content (AvgIpc) is 2.21. The molecule has 0 bridgehead atoms. The van der Waals surface area contributed by atoms with Gasteiger partial charge in [-0.2, -0.15) is 0 Å². The van der Waals surface area contributed by atoms with Gasteiger partial charge in [0.25, 0.3) is 0 Å². The van der Waals surface area contributed by atoms with Gasteiger partial charge in [-0.1, -0.05) is 6.92 Å². The van der Waals surface area contributed by atoms with Crippen molar-refractivity contribution < 1.29 is 9.47 Å². The predicted octanol–water partition coefficient (Wildman–Crippen LogP) is 1.82. The third kappa shape index (κ3) is 9.96. The summed E-state index contributed by atoms with van der Waals surface area (Å²) >= 11 is 0. The van der Waals surface area contributed by atoms with Crippen molar-refractivity contribution >= 4 is 0 Å². The van der Waals surface area contributed by atoms with E-state index >= 15 is 0 Å². The fraction of sp³-hybridized carbons (Fsp3) is 1.00. The van der Waals surface area contributed by atoms with Crippen molar-refractivity contribution in [2.45, 2.75) is 39.2 Å². The minimum atomic E-state index is 0.413. The first-order chi connectivity index (χ1) is 6.81. The zero-order valence-corrected chi connectivity index (χ0v) is 9.84. The first kappa shape index (κ1) is 13.9. The standard InChI is InChI=1S/C11H25NO2/c1-4-11(2)14-9-6-5-7-12-8-10-13-3/h11-12H,4-10H2,1-3H3. The molecule has 86 valence electrons. The third-order valence-electron chi connectivity index (χ3n) is 2.21. The van der Waals surface area contributed by atoms with Crippen molar-refractivity contribution in [2.75, 3.05) is 33.4 Å². The van der Waals surface area contributed by atoms with Crippen LogP contribution in [0.1, 0.15) is 33.1 Å². The van der Waals surface area contributed by atoms with E-state index in [1.807, 2.05) is 0 Å². The van der Waals surface area contributed by atoms with E-state index in [9.17, 15) is 0 Å². The van der Waals surface area contributed by atoms with Crippen LogP contribution in [-0.4, -0.2) is 39.5 Å². The Kier molecular flexibility index (Phi) is 10.9. The smallest absolute Gasteiger partial charge is 0.0587 e. The lowest BCUT2D eigenvalue weighted by Gasteiger charge is -2.10. The van der Waals surface area contributed by atoms with Gasteiger partial charge in [0.1, 0.15) is 0 Å². The van der Waals surface area contributed by atoms with E-state index in [0.29, 0.717) is 6.10 Å². The minimum absolute atomic E-state index is 0.413. The number of unbranched alkanes of at least 4 members (excludes halogenated alkanes) is 1. The van der Waals surface area contributed by atoms with Gasteiger partial charge in [0.05, 0.1) is 12.7 Å². The van der Waals surface area contributed by atoms with Crippen molar-refractivity contribution in [1.82, 2.24) is 5.32 Å². The molecule has 0 radical (unpaired) electrons. The molecule has 1 atom stereocenters. The van der Waals surface area contributed by atoms with Gasteiger partial charge < -0.3 is 14.8 Å². The fourth-order valence-electron chi connectivity index (χ4n) is 1.05. The Morgan fingerprint density at radius 3 is 2.57 bits per heavy atom. The molecule has 0 heterocycles. The molecule has 0 aliphatic carbocycles. The zero-order valence-electron chi connectivity index (χ0n) is 9.84. The normalized spacial score (nSPS) is 13.1. The largest absolute Gasteiger partial charge is 0.383 e. The van der Waals surface area contributed by atoms with Crippen LogP contribution < -0.4 is 5.32 Å². The maximum atomic E-state index is 5.57. The molecule has 1 unspecified atom stereocenters. The summed E-state index contributed by atoms with van der Waals surface area (Å²) in [5.41, 5.74) is 0. The lowest BCUT2D eigenvalue weighted by atomic mass is 10.3. The summed E-state index contributed by atoms with van der Waals surface area (Å²) in [6.07, 6.45) is 3.84. The third-order valence-corrected chi connectivity index (χ3v) is 2.21. The van der Waals surface area contributed by atoms with Gasteiger partial charge in [-0.15, -0.1) is 0 Å². The minimum Gasteiger partial charge on any atom is -0.383 e. The van der Waals surface area contributed by atoms with Crippen LogP contribution in [0.3, 0.4) is 0 Å². The Morgan fingerprint density at radius 2 is 1.93 bits per heavy atom. The summed E-state index contributed by atoms with van der Waals surface area (Å²) in [6.45, 7) is 7.97. The van der Waals surface area contributed by atoms with Crippen LogP contribution in [0.2, 0.25) is 0 Å². The topological polar surface area (TPSA) is 30.5 Å². The number of methoxy groups -OCH3 is 1. The highest BCUT2D eigenvalue weighted by molar-refractivity contribution is 4.49. The highest BCUT2D eigenvalue weighted by atomic mass is 16.5. The van der Waals surface area contributed by atoms with Gasteiger partial charge in [0, 0.05) is 20.3 Å². The molecule has 0 saturated carbocycles. The van der Waals surface area contributed by atoms with E-state index in [0.717, 1.165) is 39.1 Å². The molecule has 0 amide bonds. The molecule has 3 nitrogen and oxygen atoms in total. The van der Waals surface area contributed by atoms with E-state index < -0.39 is 0 Å². The summed E-state index contributed by atoms with van der Waals surface area (Å²) in [7, 11) is 1.72. The Labute approximate surface area is 88.2 Å². The monoisotopic (exact) mass is 203 g/mol. The molecule has 0 rings (SSSR count). The number of hydrogen-bond acceptors (Lipinski definition) is 3. The number of ether oxygens (including phenoxy) is 2. The highest BCUT2D eigenvalue weighted by Crippen LogP contribution is 1.97.